The predicted octanol–water partition coefficient (Wildman–Crippen LogP) is -0.536. The summed E-state index contributed by atoms with van der Waals surface area (Å²) in [6.45, 7) is 4.18. The number of nitrogens with one attached hydrogen (secondary N) is 1. The van der Waals surface area contributed by atoms with Crippen LogP contribution in [0.3, 0.4) is 0 Å². The lowest BCUT2D eigenvalue weighted by molar-refractivity contribution is -0.139. The molecule has 1 aromatic rings. The second kappa shape index (κ2) is 7.10. The molecule has 23 heavy (non-hydrogen) atoms. The van der Waals surface area contributed by atoms with E-state index in [-0.39, 0.29) is 24.3 Å². The number of piperazine rings is 2. The van der Waals surface area contributed by atoms with E-state index in [1.807, 2.05) is 27.3 Å². The molecule has 124 valence electrons. The summed E-state index contributed by atoms with van der Waals surface area (Å²) in [6, 6.07) is 3.71. The van der Waals surface area contributed by atoms with Gasteiger partial charge in [0.15, 0.2) is 0 Å². The van der Waals surface area contributed by atoms with Crippen LogP contribution in [0.2, 0.25) is 0 Å². The van der Waals surface area contributed by atoms with Crippen LogP contribution in [-0.4, -0.2) is 84.8 Å². The second-order valence-electron chi connectivity index (χ2n) is 5.71. The molecule has 1 aromatic heterocycles. The van der Waals surface area contributed by atoms with E-state index in [0.29, 0.717) is 45.8 Å². The van der Waals surface area contributed by atoms with Crippen molar-refractivity contribution in [3.63, 3.8) is 0 Å². The van der Waals surface area contributed by atoms with Gasteiger partial charge in [-0.3, -0.25) is 19.3 Å². The number of hydrogen-bond acceptors (Lipinski definition) is 5. The predicted molar refractivity (Wildman–Crippen MR) is 86.3 cm³/mol. The highest BCUT2D eigenvalue weighted by Gasteiger charge is 2.26. The zero-order valence-corrected chi connectivity index (χ0v) is 13.7. The molecule has 0 saturated carbocycles. The van der Waals surface area contributed by atoms with Crippen molar-refractivity contribution in [3.8, 4) is 0 Å². The Morgan fingerprint density at radius 1 is 1.13 bits per heavy atom. The quantitative estimate of drug-likeness (QED) is 0.805. The van der Waals surface area contributed by atoms with E-state index in [9.17, 15) is 14.4 Å². The van der Waals surface area contributed by atoms with Crippen molar-refractivity contribution < 1.29 is 14.4 Å². The summed E-state index contributed by atoms with van der Waals surface area (Å²) in [5.41, 5.74) is 0. The molecule has 8 heteroatoms. The summed E-state index contributed by atoms with van der Waals surface area (Å²) in [5, 5.41) is 4.61. The van der Waals surface area contributed by atoms with Crippen LogP contribution in [0, 0.1) is 0 Å². The van der Waals surface area contributed by atoms with Gasteiger partial charge in [-0.1, -0.05) is 6.07 Å². The van der Waals surface area contributed by atoms with E-state index in [1.165, 1.54) is 11.3 Å². The first kappa shape index (κ1) is 15.9. The second-order valence-corrected chi connectivity index (χ2v) is 6.66. The summed E-state index contributed by atoms with van der Waals surface area (Å²) < 4.78 is 0. The van der Waals surface area contributed by atoms with Crippen LogP contribution in [0.15, 0.2) is 17.5 Å². The Kier molecular flexibility index (Phi) is 4.92. The summed E-state index contributed by atoms with van der Waals surface area (Å²) >= 11 is 1.45. The maximum absolute atomic E-state index is 12.3. The average molecular weight is 336 g/mol. The first-order valence-electron chi connectivity index (χ1n) is 7.73. The molecule has 0 radical (unpaired) electrons. The van der Waals surface area contributed by atoms with E-state index in [2.05, 4.69) is 5.32 Å². The van der Waals surface area contributed by atoms with Gasteiger partial charge < -0.3 is 15.1 Å². The summed E-state index contributed by atoms with van der Waals surface area (Å²) in [4.78, 5) is 42.1. The Morgan fingerprint density at radius 2 is 1.91 bits per heavy atom. The molecule has 2 aliphatic rings. The normalized spacial score (nSPS) is 19.6. The van der Waals surface area contributed by atoms with Crippen LogP contribution in [0.1, 0.15) is 9.67 Å². The van der Waals surface area contributed by atoms with Gasteiger partial charge in [0.2, 0.25) is 11.8 Å². The molecule has 2 saturated heterocycles. The molecule has 2 aliphatic heterocycles. The fourth-order valence-corrected chi connectivity index (χ4v) is 3.50. The maximum Gasteiger partial charge on any atom is 0.264 e. The minimum absolute atomic E-state index is 0.0158. The van der Waals surface area contributed by atoms with Crippen molar-refractivity contribution in [2.45, 2.75) is 0 Å². The lowest BCUT2D eigenvalue weighted by atomic mass is 10.2. The van der Waals surface area contributed by atoms with Gasteiger partial charge in [-0.15, -0.1) is 11.3 Å². The van der Waals surface area contributed by atoms with Crippen LogP contribution in [-0.2, 0) is 9.59 Å². The van der Waals surface area contributed by atoms with Crippen molar-refractivity contribution in [1.29, 1.82) is 0 Å². The third kappa shape index (κ3) is 3.89. The van der Waals surface area contributed by atoms with Crippen molar-refractivity contribution in [2.75, 3.05) is 52.4 Å². The highest BCUT2D eigenvalue weighted by molar-refractivity contribution is 7.12. The molecule has 0 aliphatic carbocycles. The molecule has 1 N–H and O–H groups in total. The number of carbonyl (C=O) groups excluding carboxylic acids is 3. The molecule has 0 unspecified atom stereocenters. The number of rotatable bonds is 3. The standard InChI is InChI=1S/C15H20N4O3S/c20-13-10-19(4-3-16-13)14(21)11-17-5-7-18(8-6-17)15(22)12-2-1-9-23-12/h1-2,9H,3-8,10-11H2,(H,16,20). The molecule has 0 atom stereocenters. The maximum atomic E-state index is 12.3. The van der Waals surface area contributed by atoms with E-state index in [4.69, 9.17) is 0 Å². The molecule has 0 aromatic carbocycles. The third-order valence-corrected chi connectivity index (χ3v) is 5.00. The lowest BCUT2D eigenvalue weighted by Crippen LogP contribution is -2.55. The monoisotopic (exact) mass is 336 g/mol. The van der Waals surface area contributed by atoms with E-state index < -0.39 is 0 Å². The average Bonchev–Trinajstić information content (AvgIpc) is 3.09. The van der Waals surface area contributed by atoms with E-state index in [0.717, 1.165) is 4.88 Å². The topological polar surface area (TPSA) is 73.0 Å². The van der Waals surface area contributed by atoms with E-state index in [1.54, 1.807) is 4.90 Å². The van der Waals surface area contributed by atoms with Crippen LogP contribution in [0.5, 0.6) is 0 Å². The Balaban J connectivity index is 1.46. The van der Waals surface area contributed by atoms with Crippen LogP contribution in [0.25, 0.3) is 0 Å². The molecule has 3 rings (SSSR count). The first-order valence-corrected chi connectivity index (χ1v) is 8.61. The number of thiophene rings is 1. The Bertz CT molecular complexity index is 582. The number of carbonyl (C=O) groups is 3. The summed E-state index contributed by atoms with van der Waals surface area (Å²) in [7, 11) is 0. The highest BCUT2D eigenvalue weighted by atomic mass is 32.1. The molecule has 2 fully saturated rings. The van der Waals surface area contributed by atoms with Gasteiger partial charge in [0.05, 0.1) is 18.0 Å². The van der Waals surface area contributed by atoms with Gasteiger partial charge >= 0.3 is 0 Å². The molecular weight excluding hydrogens is 316 g/mol. The van der Waals surface area contributed by atoms with Gasteiger partial charge in [0.1, 0.15) is 0 Å². The smallest absolute Gasteiger partial charge is 0.264 e. The molecular formula is C15H20N4O3S. The minimum atomic E-state index is -0.101. The van der Waals surface area contributed by atoms with Gasteiger partial charge in [-0.25, -0.2) is 0 Å². The van der Waals surface area contributed by atoms with Gasteiger partial charge in [0, 0.05) is 39.3 Å². The fourth-order valence-electron chi connectivity index (χ4n) is 2.81. The highest BCUT2D eigenvalue weighted by Crippen LogP contribution is 2.14. The Hall–Kier alpha value is -1.93. The van der Waals surface area contributed by atoms with Crippen LogP contribution in [0.4, 0.5) is 0 Å². The fraction of sp³-hybridized carbons (Fsp3) is 0.533. The summed E-state index contributed by atoms with van der Waals surface area (Å²) in [5.74, 6) is -0.0486. The van der Waals surface area contributed by atoms with Crippen molar-refractivity contribution in [3.05, 3.63) is 22.4 Å². The SMILES string of the molecule is O=C1CN(C(=O)CN2CCN(C(=O)c3cccs3)CC2)CCN1. The van der Waals surface area contributed by atoms with Crippen molar-refractivity contribution in [1.82, 2.24) is 20.0 Å². The van der Waals surface area contributed by atoms with Crippen LogP contribution < -0.4 is 5.32 Å². The molecule has 0 spiro atoms. The van der Waals surface area contributed by atoms with Crippen LogP contribution >= 0.6 is 11.3 Å². The van der Waals surface area contributed by atoms with Gasteiger partial charge in [-0.05, 0) is 11.4 Å². The third-order valence-electron chi connectivity index (χ3n) is 4.14. The van der Waals surface area contributed by atoms with Gasteiger partial charge in [-0.2, -0.15) is 0 Å². The number of nitrogens with zero attached hydrogens (tertiary/aromatic N) is 3. The number of amides is 3. The molecule has 0 bridgehead atoms. The van der Waals surface area contributed by atoms with Crippen molar-refractivity contribution in [2.24, 2.45) is 0 Å². The Morgan fingerprint density at radius 3 is 2.57 bits per heavy atom. The first-order chi connectivity index (χ1) is 11.1. The molecule has 3 heterocycles. The zero-order valence-electron chi connectivity index (χ0n) is 12.9. The Labute approximate surface area is 138 Å². The largest absolute Gasteiger partial charge is 0.353 e. The summed E-state index contributed by atoms with van der Waals surface area (Å²) in [6.07, 6.45) is 0. The van der Waals surface area contributed by atoms with E-state index >= 15 is 0 Å². The van der Waals surface area contributed by atoms with Gasteiger partial charge in [0.25, 0.3) is 5.91 Å². The molecule has 3 amide bonds. The lowest BCUT2D eigenvalue weighted by Gasteiger charge is -2.35. The molecule has 7 nitrogen and oxygen atoms in total. The zero-order chi connectivity index (χ0) is 16.2. The van der Waals surface area contributed by atoms with Crippen molar-refractivity contribution >= 4 is 29.1 Å². The number of hydrogen-bond donors (Lipinski definition) is 1. The minimum Gasteiger partial charge on any atom is -0.353 e.